The molecule has 0 saturated carbocycles. The van der Waals surface area contributed by atoms with Gasteiger partial charge in [-0.3, -0.25) is 9.69 Å². The Bertz CT molecular complexity index is 932. The van der Waals surface area contributed by atoms with Crippen LogP contribution in [0.5, 0.6) is 17.4 Å². The van der Waals surface area contributed by atoms with Crippen molar-refractivity contribution >= 4 is 11.6 Å². The molecular weight excluding hydrogens is 379 g/mol. The molecule has 0 aliphatic carbocycles. The molecule has 1 aromatic heterocycles. The fraction of sp³-hybridized carbons (Fsp3) is 0.250. The normalized spacial score (nSPS) is 17.5. The van der Waals surface area contributed by atoms with Crippen LogP contribution in [0.25, 0.3) is 0 Å². The Labute approximate surface area is 148 Å². The van der Waals surface area contributed by atoms with Gasteiger partial charge in [0.1, 0.15) is 5.69 Å². The maximum absolute atomic E-state index is 13.9. The SMILES string of the molecule is O=C1N(Cc2ccc3c(c2)OCO3)c2cc(C(F)(F)F)cnc2OC1(F)F. The zero-order chi connectivity index (χ0) is 19.4. The summed E-state index contributed by atoms with van der Waals surface area (Å²) in [6, 6.07) is 4.98. The van der Waals surface area contributed by atoms with Crippen LogP contribution >= 0.6 is 0 Å². The van der Waals surface area contributed by atoms with Gasteiger partial charge >= 0.3 is 18.2 Å². The minimum Gasteiger partial charge on any atom is -0.454 e. The van der Waals surface area contributed by atoms with Crippen molar-refractivity contribution in [3.63, 3.8) is 0 Å². The van der Waals surface area contributed by atoms with Crippen molar-refractivity contribution in [3.05, 3.63) is 41.6 Å². The summed E-state index contributed by atoms with van der Waals surface area (Å²) < 4.78 is 81.1. The van der Waals surface area contributed by atoms with Gasteiger partial charge < -0.3 is 14.2 Å². The summed E-state index contributed by atoms with van der Waals surface area (Å²) in [6.07, 6.45) is -8.66. The van der Waals surface area contributed by atoms with Crippen molar-refractivity contribution in [2.45, 2.75) is 18.8 Å². The summed E-state index contributed by atoms with van der Waals surface area (Å²) in [7, 11) is 0. The van der Waals surface area contributed by atoms with Gasteiger partial charge in [-0.25, -0.2) is 4.98 Å². The summed E-state index contributed by atoms with van der Waals surface area (Å²) in [5, 5.41) is 0. The lowest BCUT2D eigenvalue weighted by Gasteiger charge is -2.33. The van der Waals surface area contributed by atoms with E-state index in [4.69, 9.17) is 9.47 Å². The third-order valence-corrected chi connectivity index (χ3v) is 3.95. The van der Waals surface area contributed by atoms with Crippen LogP contribution in [0.1, 0.15) is 11.1 Å². The maximum atomic E-state index is 13.9. The molecule has 2 aliphatic heterocycles. The van der Waals surface area contributed by atoms with E-state index >= 15 is 0 Å². The number of rotatable bonds is 2. The van der Waals surface area contributed by atoms with E-state index < -0.39 is 41.9 Å². The van der Waals surface area contributed by atoms with Crippen molar-refractivity contribution in [2.75, 3.05) is 11.7 Å². The number of anilines is 1. The Morgan fingerprint density at radius 2 is 1.89 bits per heavy atom. The van der Waals surface area contributed by atoms with E-state index in [0.717, 1.165) is 0 Å². The van der Waals surface area contributed by atoms with E-state index in [9.17, 15) is 26.7 Å². The minimum atomic E-state index is -4.77. The summed E-state index contributed by atoms with van der Waals surface area (Å²) in [5.74, 6) is -1.80. The molecule has 0 bridgehead atoms. The zero-order valence-corrected chi connectivity index (χ0v) is 13.2. The van der Waals surface area contributed by atoms with Gasteiger partial charge in [0.2, 0.25) is 12.7 Å². The van der Waals surface area contributed by atoms with E-state index in [1.807, 2.05) is 0 Å². The van der Waals surface area contributed by atoms with Gasteiger partial charge in [-0.15, -0.1) is 0 Å². The lowest BCUT2D eigenvalue weighted by molar-refractivity contribution is -0.194. The smallest absolute Gasteiger partial charge is 0.454 e. The quantitative estimate of drug-likeness (QED) is 0.739. The van der Waals surface area contributed by atoms with Crippen molar-refractivity contribution in [1.29, 1.82) is 0 Å². The van der Waals surface area contributed by atoms with E-state index in [-0.39, 0.29) is 6.79 Å². The van der Waals surface area contributed by atoms with E-state index in [1.165, 1.54) is 18.2 Å². The van der Waals surface area contributed by atoms with Crippen LogP contribution in [0.2, 0.25) is 0 Å². The fourth-order valence-electron chi connectivity index (χ4n) is 2.68. The predicted molar refractivity (Wildman–Crippen MR) is 78.6 cm³/mol. The highest BCUT2D eigenvalue weighted by Crippen LogP contribution is 2.42. The van der Waals surface area contributed by atoms with Crippen LogP contribution in [0.3, 0.4) is 0 Å². The van der Waals surface area contributed by atoms with Crippen molar-refractivity contribution in [2.24, 2.45) is 0 Å². The zero-order valence-electron chi connectivity index (χ0n) is 13.2. The van der Waals surface area contributed by atoms with Crippen LogP contribution in [0, 0.1) is 0 Å². The first-order chi connectivity index (χ1) is 12.6. The molecular formula is C16H9F5N2O4. The van der Waals surface area contributed by atoms with Crippen LogP contribution in [-0.4, -0.2) is 23.8 Å². The molecule has 0 radical (unpaired) electrons. The van der Waals surface area contributed by atoms with Gasteiger partial charge in [-0.05, 0) is 23.8 Å². The van der Waals surface area contributed by atoms with Gasteiger partial charge in [0.05, 0.1) is 12.1 Å². The number of alkyl halides is 5. The van der Waals surface area contributed by atoms with E-state index in [2.05, 4.69) is 9.72 Å². The third-order valence-electron chi connectivity index (χ3n) is 3.95. The number of benzene rings is 1. The number of hydrogen-bond acceptors (Lipinski definition) is 5. The second kappa shape index (κ2) is 5.69. The van der Waals surface area contributed by atoms with Crippen LogP contribution in [0.4, 0.5) is 27.6 Å². The summed E-state index contributed by atoms with van der Waals surface area (Å²) in [4.78, 5) is 15.9. The highest BCUT2D eigenvalue weighted by molar-refractivity contribution is 6.00. The van der Waals surface area contributed by atoms with E-state index in [1.54, 1.807) is 0 Å². The molecule has 1 amide bonds. The largest absolute Gasteiger partial charge is 0.484 e. The van der Waals surface area contributed by atoms with Crippen LogP contribution in [-0.2, 0) is 17.5 Å². The lowest BCUT2D eigenvalue weighted by Crippen LogP contribution is -2.50. The molecule has 0 N–H and O–H groups in total. The number of nitrogens with zero attached hydrogens (tertiary/aromatic N) is 2. The molecule has 0 spiro atoms. The van der Waals surface area contributed by atoms with E-state index in [0.29, 0.717) is 34.2 Å². The average Bonchev–Trinajstić information content (AvgIpc) is 3.05. The second-order valence-corrected chi connectivity index (χ2v) is 5.74. The molecule has 142 valence electrons. The number of hydrogen-bond donors (Lipinski definition) is 0. The van der Waals surface area contributed by atoms with Crippen molar-refractivity contribution in [3.8, 4) is 17.4 Å². The second-order valence-electron chi connectivity index (χ2n) is 5.74. The topological polar surface area (TPSA) is 60.9 Å². The molecule has 2 aliphatic rings. The van der Waals surface area contributed by atoms with Gasteiger partial charge in [-0.2, -0.15) is 22.0 Å². The molecule has 0 fully saturated rings. The first kappa shape index (κ1) is 17.3. The molecule has 27 heavy (non-hydrogen) atoms. The molecule has 0 saturated heterocycles. The van der Waals surface area contributed by atoms with Crippen molar-refractivity contribution < 1.29 is 41.0 Å². The lowest BCUT2D eigenvalue weighted by atomic mass is 10.1. The monoisotopic (exact) mass is 388 g/mol. The first-order valence-electron chi connectivity index (χ1n) is 7.50. The summed E-state index contributed by atoms with van der Waals surface area (Å²) in [5.41, 5.74) is -1.36. The first-order valence-corrected chi connectivity index (χ1v) is 7.50. The fourth-order valence-corrected chi connectivity index (χ4v) is 2.68. The third kappa shape index (κ3) is 2.98. The van der Waals surface area contributed by atoms with Crippen molar-refractivity contribution in [1.82, 2.24) is 4.98 Å². The van der Waals surface area contributed by atoms with Crippen LogP contribution in [0.15, 0.2) is 30.5 Å². The molecule has 1 aromatic carbocycles. The molecule has 2 aromatic rings. The molecule has 0 unspecified atom stereocenters. The highest BCUT2D eigenvalue weighted by atomic mass is 19.4. The van der Waals surface area contributed by atoms with Gasteiger partial charge in [-0.1, -0.05) is 6.07 Å². The Morgan fingerprint density at radius 1 is 1.15 bits per heavy atom. The Balaban J connectivity index is 1.75. The maximum Gasteiger partial charge on any atom is 0.484 e. The number of carbonyl (C=O) groups is 1. The number of fused-ring (bicyclic) bond motifs is 2. The number of amides is 1. The molecule has 0 atom stereocenters. The molecule has 11 heteroatoms. The standard InChI is InChI=1S/C16H9F5N2O4/c17-15(18,19)9-4-10-13(22-5-9)27-16(20,21)14(24)23(10)6-8-1-2-11-12(3-8)26-7-25-11/h1-5H,6-7H2. The van der Waals surface area contributed by atoms with Gasteiger partial charge in [0.15, 0.2) is 11.5 Å². The molecule has 4 rings (SSSR count). The minimum absolute atomic E-state index is 0.0188. The Morgan fingerprint density at radius 3 is 2.63 bits per heavy atom. The van der Waals surface area contributed by atoms with Gasteiger partial charge in [0, 0.05) is 6.20 Å². The average molecular weight is 388 g/mol. The summed E-state index contributed by atoms with van der Waals surface area (Å²) >= 11 is 0. The highest BCUT2D eigenvalue weighted by Gasteiger charge is 2.51. The van der Waals surface area contributed by atoms with Crippen LogP contribution < -0.4 is 19.1 Å². The number of halogens is 5. The Kier molecular flexibility index (Phi) is 3.65. The number of aromatic nitrogens is 1. The number of carbonyl (C=O) groups excluding carboxylic acids is 1. The molecule has 6 nitrogen and oxygen atoms in total. The number of pyridine rings is 1. The van der Waals surface area contributed by atoms with Gasteiger partial charge in [0.25, 0.3) is 0 Å². The number of ether oxygens (including phenoxy) is 3. The molecule has 3 heterocycles. The Hall–Kier alpha value is -3.11. The summed E-state index contributed by atoms with van der Waals surface area (Å²) in [6.45, 7) is -0.459. The predicted octanol–water partition coefficient (Wildman–Crippen LogP) is 3.35.